The molecule has 1 aliphatic rings. The molecule has 0 saturated heterocycles. The highest BCUT2D eigenvalue weighted by Gasteiger charge is 2.07. The zero-order valence-corrected chi connectivity index (χ0v) is 10.8. The first-order valence-electron chi connectivity index (χ1n) is 5.80. The molecule has 0 unspecified atom stereocenters. The second-order valence-corrected chi connectivity index (χ2v) is 3.59. The monoisotopic (exact) mass is 211 g/mol. The smallest absolute Gasteiger partial charge is 0.0637 e. The highest BCUT2D eigenvalue weighted by molar-refractivity contribution is 5.21. The van der Waals surface area contributed by atoms with E-state index in [0.29, 0.717) is 0 Å². The molecule has 1 rings (SSSR count). The van der Waals surface area contributed by atoms with Crippen molar-refractivity contribution in [2.24, 2.45) is 0 Å². The van der Waals surface area contributed by atoms with Gasteiger partial charge in [0.2, 0.25) is 0 Å². The Kier molecular flexibility index (Phi) is 8.11. The molecule has 0 radical (unpaired) electrons. The van der Waals surface area contributed by atoms with Crippen LogP contribution in [0, 0.1) is 0 Å². The van der Waals surface area contributed by atoms with Crippen molar-refractivity contribution in [3.8, 4) is 0 Å². The Balaban J connectivity index is 0.000000921. The molecule has 0 aliphatic heterocycles. The third kappa shape index (κ3) is 5.63. The summed E-state index contributed by atoms with van der Waals surface area (Å²) in [6, 6.07) is 0. The summed E-state index contributed by atoms with van der Waals surface area (Å²) < 4.78 is 5.04. The molecule has 88 valence electrons. The summed E-state index contributed by atoms with van der Waals surface area (Å²) in [6.07, 6.45) is 6.79. The molecule has 0 N–H and O–H groups in total. The summed E-state index contributed by atoms with van der Waals surface area (Å²) in [4.78, 5) is 2.27. The van der Waals surface area contributed by atoms with Crippen molar-refractivity contribution >= 4 is 0 Å². The Morgan fingerprint density at radius 2 is 1.93 bits per heavy atom. The van der Waals surface area contributed by atoms with Gasteiger partial charge in [-0.15, -0.1) is 0 Å². The van der Waals surface area contributed by atoms with Crippen LogP contribution in [0.15, 0.2) is 23.4 Å². The van der Waals surface area contributed by atoms with E-state index in [1.807, 2.05) is 13.8 Å². The normalized spacial score (nSPS) is 14.7. The molecule has 2 nitrogen and oxygen atoms in total. The van der Waals surface area contributed by atoms with Crippen LogP contribution >= 0.6 is 0 Å². The average Bonchev–Trinajstić information content (AvgIpc) is 2.29. The number of ether oxygens (including phenoxy) is 1. The van der Waals surface area contributed by atoms with E-state index >= 15 is 0 Å². The van der Waals surface area contributed by atoms with E-state index in [0.717, 1.165) is 13.2 Å². The van der Waals surface area contributed by atoms with Gasteiger partial charge in [-0.3, -0.25) is 0 Å². The molecule has 2 heteroatoms. The minimum Gasteiger partial charge on any atom is -0.383 e. The van der Waals surface area contributed by atoms with Crippen LogP contribution in [-0.4, -0.2) is 32.2 Å². The van der Waals surface area contributed by atoms with Gasteiger partial charge in [0.25, 0.3) is 0 Å². The minimum absolute atomic E-state index is 0.802. The van der Waals surface area contributed by atoms with Crippen molar-refractivity contribution in [2.45, 2.75) is 33.6 Å². The number of methoxy groups -OCH3 is 1. The third-order valence-corrected chi connectivity index (χ3v) is 2.46. The van der Waals surface area contributed by atoms with Gasteiger partial charge in [-0.05, 0) is 25.8 Å². The zero-order valence-electron chi connectivity index (χ0n) is 10.8. The first-order chi connectivity index (χ1) is 7.24. The molecular weight excluding hydrogens is 186 g/mol. The van der Waals surface area contributed by atoms with Crippen molar-refractivity contribution in [3.05, 3.63) is 23.4 Å². The van der Waals surface area contributed by atoms with E-state index in [-0.39, 0.29) is 0 Å². The van der Waals surface area contributed by atoms with E-state index in [1.54, 1.807) is 7.11 Å². The average molecular weight is 211 g/mol. The molecule has 0 aromatic heterocycles. The van der Waals surface area contributed by atoms with Gasteiger partial charge in [0.1, 0.15) is 0 Å². The first-order valence-corrected chi connectivity index (χ1v) is 5.80. The van der Waals surface area contributed by atoms with Crippen LogP contribution in [0.25, 0.3) is 0 Å². The van der Waals surface area contributed by atoms with Gasteiger partial charge in [-0.2, -0.15) is 0 Å². The SMILES string of the molecule is CC.COCCN(C)C1=CC=C(C)CC1. The standard InChI is InChI=1S/C11H19NO.C2H6/c1-10-4-6-11(7-5-10)12(2)8-9-13-3;1-2/h4,6H,5,7-9H2,1-3H3;1-2H3. The highest BCUT2D eigenvalue weighted by atomic mass is 16.5. The second-order valence-electron chi connectivity index (χ2n) is 3.59. The van der Waals surface area contributed by atoms with Crippen LogP contribution in [0.3, 0.4) is 0 Å². The molecule has 0 atom stereocenters. The fraction of sp³-hybridized carbons (Fsp3) is 0.692. The Hall–Kier alpha value is -0.760. The Bertz CT molecular complexity index is 219. The van der Waals surface area contributed by atoms with Crippen molar-refractivity contribution < 1.29 is 4.74 Å². The second kappa shape index (κ2) is 8.54. The fourth-order valence-corrected chi connectivity index (χ4v) is 1.42. The highest BCUT2D eigenvalue weighted by Crippen LogP contribution is 2.19. The van der Waals surface area contributed by atoms with Crippen LogP contribution in [-0.2, 0) is 4.74 Å². The Labute approximate surface area is 94.6 Å². The van der Waals surface area contributed by atoms with Gasteiger partial charge in [0, 0.05) is 26.4 Å². The number of nitrogens with zero attached hydrogens (tertiary/aromatic N) is 1. The van der Waals surface area contributed by atoms with Gasteiger partial charge in [0.15, 0.2) is 0 Å². The lowest BCUT2D eigenvalue weighted by atomic mass is 10.0. The van der Waals surface area contributed by atoms with E-state index in [9.17, 15) is 0 Å². The van der Waals surface area contributed by atoms with E-state index < -0.39 is 0 Å². The largest absolute Gasteiger partial charge is 0.383 e. The lowest BCUT2D eigenvalue weighted by Gasteiger charge is -2.24. The maximum atomic E-state index is 5.04. The molecule has 1 aliphatic carbocycles. The molecule has 0 aromatic rings. The lowest BCUT2D eigenvalue weighted by Crippen LogP contribution is -2.23. The number of rotatable bonds is 4. The maximum absolute atomic E-state index is 5.04. The van der Waals surface area contributed by atoms with Gasteiger partial charge < -0.3 is 9.64 Å². The van der Waals surface area contributed by atoms with Crippen LogP contribution < -0.4 is 0 Å². The van der Waals surface area contributed by atoms with Crippen molar-refractivity contribution in [3.63, 3.8) is 0 Å². The molecule has 0 heterocycles. The van der Waals surface area contributed by atoms with E-state index in [1.165, 1.54) is 24.1 Å². The predicted molar refractivity (Wildman–Crippen MR) is 66.9 cm³/mol. The lowest BCUT2D eigenvalue weighted by molar-refractivity contribution is 0.172. The summed E-state index contributed by atoms with van der Waals surface area (Å²) in [5.41, 5.74) is 2.89. The summed E-state index contributed by atoms with van der Waals surface area (Å²) in [7, 11) is 3.87. The quantitative estimate of drug-likeness (QED) is 0.708. The van der Waals surface area contributed by atoms with Crippen LogP contribution in [0.5, 0.6) is 0 Å². The minimum atomic E-state index is 0.802. The van der Waals surface area contributed by atoms with Gasteiger partial charge in [-0.1, -0.05) is 25.5 Å². The molecule has 0 bridgehead atoms. The van der Waals surface area contributed by atoms with Crippen molar-refractivity contribution in [2.75, 3.05) is 27.3 Å². The molecule has 0 aromatic carbocycles. The number of allylic oxidation sites excluding steroid dienone is 4. The molecule has 0 amide bonds. The maximum Gasteiger partial charge on any atom is 0.0637 e. The summed E-state index contributed by atoms with van der Waals surface area (Å²) in [5.74, 6) is 0. The van der Waals surface area contributed by atoms with E-state index in [2.05, 4.69) is 31.0 Å². The van der Waals surface area contributed by atoms with Crippen LogP contribution in [0.4, 0.5) is 0 Å². The van der Waals surface area contributed by atoms with Gasteiger partial charge >= 0.3 is 0 Å². The number of likely N-dealkylation sites (N-methyl/N-ethyl adjacent to an activating group) is 1. The van der Waals surface area contributed by atoms with Crippen LogP contribution in [0.2, 0.25) is 0 Å². The predicted octanol–water partition coefficient (Wildman–Crippen LogP) is 3.21. The molecular formula is C13H25NO. The number of hydrogen-bond donors (Lipinski definition) is 0. The molecule has 0 spiro atoms. The van der Waals surface area contributed by atoms with E-state index in [4.69, 9.17) is 4.74 Å². The number of hydrogen-bond acceptors (Lipinski definition) is 2. The summed E-state index contributed by atoms with van der Waals surface area (Å²) in [5, 5.41) is 0. The van der Waals surface area contributed by atoms with Crippen LogP contribution in [0.1, 0.15) is 33.6 Å². The van der Waals surface area contributed by atoms with Crippen molar-refractivity contribution in [1.29, 1.82) is 0 Å². The molecule has 15 heavy (non-hydrogen) atoms. The topological polar surface area (TPSA) is 12.5 Å². The van der Waals surface area contributed by atoms with Gasteiger partial charge in [0.05, 0.1) is 6.61 Å². The zero-order chi connectivity index (χ0) is 11.7. The fourth-order valence-electron chi connectivity index (χ4n) is 1.42. The summed E-state index contributed by atoms with van der Waals surface area (Å²) >= 11 is 0. The van der Waals surface area contributed by atoms with Crippen molar-refractivity contribution in [1.82, 2.24) is 4.90 Å². The Morgan fingerprint density at radius 1 is 1.27 bits per heavy atom. The first kappa shape index (κ1) is 14.2. The van der Waals surface area contributed by atoms with Gasteiger partial charge in [-0.25, -0.2) is 0 Å². The molecule has 0 fully saturated rings. The summed E-state index contributed by atoms with van der Waals surface area (Å²) in [6.45, 7) is 7.97. The molecule has 0 saturated carbocycles. The third-order valence-electron chi connectivity index (χ3n) is 2.46. The Morgan fingerprint density at radius 3 is 2.40 bits per heavy atom.